The van der Waals surface area contributed by atoms with Crippen LogP contribution in [-0.2, 0) is 6.42 Å². The molecule has 0 aromatic heterocycles. The molecule has 0 spiro atoms. The molecule has 7 heteroatoms. The number of hydrogen-bond acceptors (Lipinski definition) is 3. The molecule has 1 amide bonds. The molecule has 0 aliphatic heterocycles. The van der Waals surface area contributed by atoms with Crippen LogP contribution in [0.4, 0.5) is 0 Å². The number of carbonyl (C=O) groups is 1. The van der Waals surface area contributed by atoms with Crippen LogP contribution >= 0.6 is 24.0 Å². The van der Waals surface area contributed by atoms with Crippen LogP contribution in [0.2, 0.25) is 0 Å². The van der Waals surface area contributed by atoms with Crippen LogP contribution in [0, 0.1) is 0 Å². The van der Waals surface area contributed by atoms with Gasteiger partial charge in [0.15, 0.2) is 5.96 Å². The molecule has 1 atom stereocenters. The van der Waals surface area contributed by atoms with Gasteiger partial charge in [0, 0.05) is 39.3 Å². The van der Waals surface area contributed by atoms with Gasteiger partial charge in [0.2, 0.25) is 0 Å². The van der Waals surface area contributed by atoms with Gasteiger partial charge in [-0.15, -0.1) is 24.0 Å². The fraction of sp³-hybridized carbons (Fsp3) is 0.636. The molecule has 2 N–H and O–H groups in total. The molecule has 0 aliphatic rings. The number of nitrogens with zero attached hydrogens (tertiary/aromatic N) is 3. The van der Waals surface area contributed by atoms with Gasteiger partial charge in [-0.3, -0.25) is 9.79 Å². The lowest BCUT2D eigenvalue weighted by molar-refractivity contribution is 0.0827. The van der Waals surface area contributed by atoms with Crippen LogP contribution in [0.3, 0.4) is 0 Å². The summed E-state index contributed by atoms with van der Waals surface area (Å²) in [6.45, 7) is 10.8. The maximum Gasteiger partial charge on any atom is 0.253 e. The van der Waals surface area contributed by atoms with E-state index < -0.39 is 0 Å². The quantitative estimate of drug-likeness (QED) is 0.269. The molecule has 0 aliphatic carbocycles. The van der Waals surface area contributed by atoms with Crippen LogP contribution in [0.5, 0.6) is 0 Å². The van der Waals surface area contributed by atoms with E-state index in [2.05, 4.69) is 47.4 Å². The average molecular weight is 518 g/mol. The predicted octanol–water partition coefficient (Wildman–Crippen LogP) is 3.22. The van der Waals surface area contributed by atoms with E-state index in [1.54, 1.807) is 26.0 Å². The van der Waals surface area contributed by atoms with Crippen molar-refractivity contribution in [2.75, 3.05) is 47.3 Å². The van der Waals surface area contributed by atoms with Gasteiger partial charge in [0.1, 0.15) is 0 Å². The molecular weight excluding hydrogens is 477 g/mol. The predicted molar refractivity (Wildman–Crippen MR) is 135 cm³/mol. The first-order valence-electron chi connectivity index (χ1n) is 10.4. The summed E-state index contributed by atoms with van der Waals surface area (Å²) in [6.07, 6.45) is 3.14. The van der Waals surface area contributed by atoms with E-state index in [0.29, 0.717) is 6.04 Å². The van der Waals surface area contributed by atoms with E-state index in [4.69, 9.17) is 0 Å². The highest BCUT2D eigenvalue weighted by Gasteiger charge is 2.09. The van der Waals surface area contributed by atoms with E-state index in [1.807, 2.05) is 18.2 Å². The average Bonchev–Trinajstić information content (AvgIpc) is 2.70. The van der Waals surface area contributed by atoms with Crippen molar-refractivity contribution in [2.45, 2.75) is 46.1 Å². The summed E-state index contributed by atoms with van der Waals surface area (Å²) in [7, 11) is 5.35. The van der Waals surface area contributed by atoms with Gasteiger partial charge in [0.25, 0.3) is 5.91 Å². The minimum absolute atomic E-state index is 0. The molecule has 1 aromatic carbocycles. The molecule has 29 heavy (non-hydrogen) atoms. The Hall–Kier alpha value is -1.35. The van der Waals surface area contributed by atoms with Crippen molar-refractivity contribution >= 4 is 35.8 Å². The Morgan fingerprint density at radius 1 is 1.21 bits per heavy atom. The first kappa shape index (κ1) is 27.6. The molecule has 1 unspecified atom stereocenters. The molecular formula is C22H40IN5O. The summed E-state index contributed by atoms with van der Waals surface area (Å²) in [5.41, 5.74) is 1.87. The molecule has 166 valence electrons. The number of carbonyl (C=O) groups excluding carboxylic acids is 1. The summed E-state index contributed by atoms with van der Waals surface area (Å²) >= 11 is 0. The number of aliphatic imine (C=N–C) groups is 1. The molecule has 0 bridgehead atoms. The van der Waals surface area contributed by atoms with Crippen molar-refractivity contribution in [3.63, 3.8) is 0 Å². The van der Waals surface area contributed by atoms with Crippen LogP contribution in [0.25, 0.3) is 0 Å². The molecule has 0 heterocycles. The Kier molecular flexibility index (Phi) is 14.8. The Morgan fingerprint density at radius 3 is 2.48 bits per heavy atom. The minimum Gasteiger partial charge on any atom is -0.356 e. The summed E-state index contributed by atoms with van der Waals surface area (Å²) in [5.74, 6) is 0.863. The Morgan fingerprint density at radius 2 is 1.90 bits per heavy atom. The van der Waals surface area contributed by atoms with Gasteiger partial charge < -0.3 is 20.4 Å². The van der Waals surface area contributed by atoms with Gasteiger partial charge in [-0.05, 0) is 63.5 Å². The normalized spacial score (nSPS) is 12.3. The monoisotopic (exact) mass is 517 g/mol. The van der Waals surface area contributed by atoms with E-state index in [0.717, 1.165) is 56.1 Å². The third-order valence-electron chi connectivity index (χ3n) is 4.90. The second kappa shape index (κ2) is 15.5. The number of hydrogen-bond donors (Lipinski definition) is 2. The maximum atomic E-state index is 12.1. The van der Waals surface area contributed by atoms with Crippen LogP contribution in [-0.4, -0.2) is 75.0 Å². The first-order valence-corrected chi connectivity index (χ1v) is 10.4. The molecule has 0 saturated heterocycles. The van der Waals surface area contributed by atoms with Crippen molar-refractivity contribution in [3.8, 4) is 0 Å². The van der Waals surface area contributed by atoms with E-state index >= 15 is 0 Å². The number of nitrogens with one attached hydrogen (secondary N) is 2. The topological polar surface area (TPSA) is 60.0 Å². The highest BCUT2D eigenvalue weighted by atomic mass is 127. The van der Waals surface area contributed by atoms with Gasteiger partial charge >= 0.3 is 0 Å². The van der Waals surface area contributed by atoms with E-state index in [9.17, 15) is 4.79 Å². The lowest BCUT2D eigenvalue weighted by Gasteiger charge is -2.21. The second-order valence-corrected chi connectivity index (χ2v) is 7.36. The zero-order chi connectivity index (χ0) is 20.9. The highest BCUT2D eigenvalue weighted by Crippen LogP contribution is 2.08. The third kappa shape index (κ3) is 10.8. The summed E-state index contributed by atoms with van der Waals surface area (Å²) < 4.78 is 0. The number of guanidine groups is 1. The van der Waals surface area contributed by atoms with E-state index in [-0.39, 0.29) is 29.9 Å². The Labute approximate surface area is 194 Å². The number of halogens is 1. The van der Waals surface area contributed by atoms with Crippen molar-refractivity contribution < 1.29 is 4.79 Å². The molecule has 0 fully saturated rings. The van der Waals surface area contributed by atoms with Crippen molar-refractivity contribution in [3.05, 3.63) is 35.4 Å². The number of benzene rings is 1. The van der Waals surface area contributed by atoms with Crippen LogP contribution in [0.15, 0.2) is 29.3 Å². The second-order valence-electron chi connectivity index (χ2n) is 7.36. The lowest BCUT2D eigenvalue weighted by Crippen LogP contribution is -2.43. The Balaban J connectivity index is 0.00000784. The lowest BCUT2D eigenvalue weighted by atomic mass is 10.1. The molecule has 0 saturated carbocycles. The van der Waals surface area contributed by atoms with Gasteiger partial charge in [-0.25, -0.2) is 0 Å². The Bertz CT molecular complexity index is 617. The van der Waals surface area contributed by atoms with Crippen molar-refractivity contribution in [1.29, 1.82) is 0 Å². The van der Waals surface area contributed by atoms with Crippen LogP contribution < -0.4 is 10.6 Å². The van der Waals surface area contributed by atoms with Crippen molar-refractivity contribution in [2.24, 2.45) is 4.99 Å². The third-order valence-corrected chi connectivity index (χ3v) is 4.90. The number of amides is 1. The SMILES string of the molecule is CCN(CC)CCCC(C)NC(=NC)NCCc1cccc(C(=O)N(C)C)c1.I. The number of rotatable bonds is 11. The molecule has 1 rings (SSSR count). The standard InChI is InChI=1S/C22H39N5O.HI/c1-7-27(8-2)16-10-11-18(3)25-22(23-4)24-15-14-19-12-9-13-20(17-19)21(28)26(5)6;/h9,12-13,17-18H,7-8,10-11,14-16H2,1-6H3,(H2,23,24,25);1H. The highest BCUT2D eigenvalue weighted by molar-refractivity contribution is 14.0. The van der Waals surface area contributed by atoms with Gasteiger partial charge in [-0.1, -0.05) is 26.0 Å². The zero-order valence-electron chi connectivity index (χ0n) is 19.0. The summed E-state index contributed by atoms with van der Waals surface area (Å²) in [4.78, 5) is 20.5. The molecule has 6 nitrogen and oxygen atoms in total. The smallest absolute Gasteiger partial charge is 0.253 e. The van der Waals surface area contributed by atoms with Gasteiger partial charge in [-0.2, -0.15) is 0 Å². The van der Waals surface area contributed by atoms with Crippen molar-refractivity contribution in [1.82, 2.24) is 20.4 Å². The molecule has 1 aromatic rings. The fourth-order valence-electron chi connectivity index (χ4n) is 3.10. The fourth-order valence-corrected chi connectivity index (χ4v) is 3.10. The minimum atomic E-state index is 0. The van der Waals surface area contributed by atoms with Gasteiger partial charge in [0.05, 0.1) is 0 Å². The summed E-state index contributed by atoms with van der Waals surface area (Å²) in [6, 6.07) is 8.20. The zero-order valence-corrected chi connectivity index (χ0v) is 21.3. The largest absolute Gasteiger partial charge is 0.356 e. The van der Waals surface area contributed by atoms with E-state index in [1.165, 1.54) is 6.42 Å². The van der Waals surface area contributed by atoms with Crippen LogP contribution in [0.1, 0.15) is 49.5 Å². The molecule has 0 radical (unpaired) electrons. The maximum absolute atomic E-state index is 12.1. The summed E-state index contributed by atoms with van der Waals surface area (Å²) in [5, 5.41) is 6.84. The first-order chi connectivity index (χ1) is 13.4.